The summed E-state index contributed by atoms with van der Waals surface area (Å²) in [6.07, 6.45) is 10.3. The molecule has 1 aromatic carbocycles. The Kier molecular flexibility index (Phi) is 8.98. The Morgan fingerprint density at radius 3 is 1.85 bits per heavy atom. The highest BCUT2D eigenvalue weighted by Crippen LogP contribution is 2.39. The first kappa shape index (κ1) is 23.7. The summed E-state index contributed by atoms with van der Waals surface area (Å²) in [6.45, 7) is 13.6. The van der Waals surface area contributed by atoms with Crippen LogP contribution in [0.1, 0.15) is 104 Å². The Morgan fingerprint density at radius 2 is 1.26 bits per heavy atom. The molecule has 0 aliphatic carbocycles. The molecule has 3 nitrogen and oxygen atoms in total. The summed E-state index contributed by atoms with van der Waals surface area (Å²) in [7, 11) is 0. The Hall–Kier alpha value is -1.38. The second kappa shape index (κ2) is 10.2. The molecule has 0 fully saturated rings. The quantitative estimate of drug-likeness (QED) is 0.218. The third kappa shape index (κ3) is 8.45. The number of unbranched alkanes of at least 4 members (excludes halogenated alkanes) is 3. The molecule has 0 amide bonds. The molecule has 3 N–H and O–H groups in total. The van der Waals surface area contributed by atoms with E-state index >= 15 is 0 Å². The number of benzene rings is 1. The maximum Gasteiger partial charge on any atom is 0.161 e. The van der Waals surface area contributed by atoms with Gasteiger partial charge in [-0.15, -0.1) is 0 Å². The van der Waals surface area contributed by atoms with Gasteiger partial charge in [0, 0.05) is 17.2 Å². The lowest BCUT2D eigenvalue weighted by molar-refractivity contribution is 0.309. The molecule has 0 heterocycles. The molecule has 1 rings (SSSR count). The number of aromatic hydroxyl groups is 3. The highest BCUT2D eigenvalue weighted by Gasteiger charge is 2.18. The second-order valence-electron chi connectivity index (χ2n) is 10.1. The molecule has 3 heteroatoms. The van der Waals surface area contributed by atoms with Crippen LogP contribution in [0.15, 0.2) is 6.07 Å². The van der Waals surface area contributed by atoms with Crippen LogP contribution in [0.3, 0.4) is 0 Å². The summed E-state index contributed by atoms with van der Waals surface area (Å²) < 4.78 is 0. The molecule has 0 bridgehead atoms. The van der Waals surface area contributed by atoms with Crippen LogP contribution in [0.5, 0.6) is 17.2 Å². The first-order valence-corrected chi connectivity index (χ1v) is 10.7. The number of phenols is 3. The monoisotopic (exact) mass is 378 g/mol. The lowest BCUT2D eigenvalue weighted by atomic mass is 9.84. The Bertz CT molecular complexity index is 582. The third-order valence-corrected chi connectivity index (χ3v) is 5.82. The van der Waals surface area contributed by atoms with Crippen LogP contribution in [-0.4, -0.2) is 15.3 Å². The van der Waals surface area contributed by atoms with E-state index in [-0.39, 0.29) is 17.2 Å². The van der Waals surface area contributed by atoms with Crippen LogP contribution in [0.25, 0.3) is 0 Å². The van der Waals surface area contributed by atoms with Gasteiger partial charge in [0.2, 0.25) is 0 Å². The Morgan fingerprint density at radius 1 is 0.704 bits per heavy atom. The van der Waals surface area contributed by atoms with E-state index in [0.29, 0.717) is 17.3 Å². The molecule has 1 aromatic rings. The van der Waals surface area contributed by atoms with Gasteiger partial charge in [-0.2, -0.15) is 0 Å². The molecular formula is C24H42O3. The van der Waals surface area contributed by atoms with Crippen LogP contribution in [0.4, 0.5) is 0 Å². The molecule has 0 aliphatic rings. The average Bonchev–Trinajstić information content (AvgIpc) is 2.56. The van der Waals surface area contributed by atoms with Gasteiger partial charge < -0.3 is 15.3 Å². The fourth-order valence-electron chi connectivity index (χ4n) is 3.50. The van der Waals surface area contributed by atoms with Gasteiger partial charge in [0.1, 0.15) is 5.75 Å². The predicted octanol–water partition coefficient (Wildman–Crippen LogP) is 7.10. The fourth-order valence-corrected chi connectivity index (χ4v) is 3.50. The van der Waals surface area contributed by atoms with Crippen molar-refractivity contribution in [1.82, 2.24) is 0 Å². The minimum atomic E-state index is -0.215. The first-order valence-electron chi connectivity index (χ1n) is 10.7. The van der Waals surface area contributed by atoms with Gasteiger partial charge in [-0.3, -0.25) is 0 Å². The smallest absolute Gasteiger partial charge is 0.161 e. The highest BCUT2D eigenvalue weighted by molar-refractivity contribution is 5.55. The van der Waals surface area contributed by atoms with E-state index in [2.05, 4.69) is 41.5 Å². The number of rotatable bonds is 11. The van der Waals surface area contributed by atoms with Gasteiger partial charge in [0.05, 0.1) is 0 Å². The predicted molar refractivity (Wildman–Crippen MR) is 115 cm³/mol. The van der Waals surface area contributed by atoms with Gasteiger partial charge in [0.15, 0.2) is 11.5 Å². The lowest BCUT2D eigenvalue weighted by Crippen LogP contribution is -2.09. The van der Waals surface area contributed by atoms with E-state index in [4.69, 9.17) is 0 Å². The van der Waals surface area contributed by atoms with Gasteiger partial charge in [-0.05, 0) is 49.4 Å². The molecule has 0 aliphatic heterocycles. The molecule has 0 aromatic heterocycles. The zero-order chi connectivity index (χ0) is 20.7. The molecule has 27 heavy (non-hydrogen) atoms. The summed E-state index contributed by atoms with van der Waals surface area (Å²) in [5.41, 5.74) is 2.26. The molecule has 0 saturated carbocycles. The Labute approximate surface area is 166 Å². The number of hydrogen-bond acceptors (Lipinski definition) is 3. The molecular weight excluding hydrogens is 336 g/mol. The van der Waals surface area contributed by atoms with Crippen molar-refractivity contribution in [3.8, 4) is 17.2 Å². The van der Waals surface area contributed by atoms with Crippen molar-refractivity contribution in [3.05, 3.63) is 17.2 Å². The molecule has 0 radical (unpaired) electrons. The van der Waals surface area contributed by atoms with Crippen molar-refractivity contribution < 1.29 is 15.3 Å². The van der Waals surface area contributed by atoms with Crippen LogP contribution in [0.2, 0.25) is 0 Å². The topological polar surface area (TPSA) is 60.7 Å². The molecule has 0 spiro atoms. The summed E-state index contributed by atoms with van der Waals surface area (Å²) in [5, 5.41) is 30.6. The largest absolute Gasteiger partial charge is 0.508 e. The van der Waals surface area contributed by atoms with Gasteiger partial charge in [-0.25, -0.2) is 0 Å². The second-order valence-corrected chi connectivity index (χ2v) is 10.1. The lowest BCUT2D eigenvalue weighted by Gasteiger charge is -2.22. The zero-order valence-electron chi connectivity index (χ0n) is 18.5. The number of hydrogen-bond donors (Lipinski definition) is 3. The maximum absolute atomic E-state index is 10.4. The fraction of sp³-hybridized carbons (Fsp3) is 0.750. The maximum atomic E-state index is 10.4. The van der Waals surface area contributed by atoms with Gasteiger partial charge in [-0.1, -0.05) is 67.2 Å². The highest BCUT2D eigenvalue weighted by atomic mass is 16.3. The van der Waals surface area contributed by atoms with Crippen molar-refractivity contribution in [2.24, 2.45) is 10.8 Å². The zero-order valence-corrected chi connectivity index (χ0v) is 18.5. The standard InChI is InChI=1S/C24H42O3/c1-7-24(5,6)16-12-10-13-18-19(22(27)21(26)17-20(18)25)14-9-8-11-15-23(2,3)4/h17,25-27H,7-16H2,1-6H3. The minimum Gasteiger partial charge on any atom is -0.508 e. The third-order valence-electron chi connectivity index (χ3n) is 5.82. The normalized spacial score (nSPS) is 12.5. The Balaban J connectivity index is 2.69. The van der Waals surface area contributed by atoms with E-state index < -0.39 is 0 Å². The van der Waals surface area contributed by atoms with Crippen LogP contribution in [0, 0.1) is 10.8 Å². The van der Waals surface area contributed by atoms with Crippen molar-refractivity contribution in [2.75, 3.05) is 0 Å². The van der Waals surface area contributed by atoms with E-state index in [1.807, 2.05) is 0 Å². The molecule has 0 saturated heterocycles. The van der Waals surface area contributed by atoms with Gasteiger partial charge >= 0.3 is 0 Å². The molecule has 0 unspecified atom stereocenters. The van der Waals surface area contributed by atoms with E-state index in [1.165, 1.54) is 12.5 Å². The van der Waals surface area contributed by atoms with Crippen molar-refractivity contribution in [2.45, 2.75) is 106 Å². The average molecular weight is 379 g/mol. The first-order chi connectivity index (χ1) is 12.5. The van der Waals surface area contributed by atoms with E-state index in [9.17, 15) is 15.3 Å². The molecule has 0 atom stereocenters. The minimum absolute atomic E-state index is 0.0486. The van der Waals surface area contributed by atoms with E-state index in [0.717, 1.165) is 62.5 Å². The van der Waals surface area contributed by atoms with Crippen LogP contribution < -0.4 is 0 Å². The van der Waals surface area contributed by atoms with Crippen molar-refractivity contribution >= 4 is 0 Å². The van der Waals surface area contributed by atoms with E-state index in [1.54, 1.807) is 0 Å². The van der Waals surface area contributed by atoms with Crippen molar-refractivity contribution in [1.29, 1.82) is 0 Å². The summed E-state index contributed by atoms with van der Waals surface area (Å²) in [6, 6.07) is 1.28. The van der Waals surface area contributed by atoms with Crippen LogP contribution >= 0.6 is 0 Å². The molecule has 156 valence electrons. The number of phenolic OH excluding ortho intramolecular Hbond substituents is 3. The summed E-state index contributed by atoms with van der Waals surface area (Å²) >= 11 is 0. The summed E-state index contributed by atoms with van der Waals surface area (Å²) in [5.74, 6) is -0.148. The summed E-state index contributed by atoms with van der Waals surface area (Å²) in [4.78, 5) is 0. The van der Waals surface area contributed by atoms with Crippen molar-refractivity contribution in [3.63, 3.8) is 0 Å². The van der Waals surface area contributed by atoms with Gasteiger partial charge in [0.25, 0.3) is 0 Å². The van der Waals surface area contributed by atoms with Crippen LogP contribution in [-0.2, 0) is 12.8 Å². The SMILES string of the molecule is CCC(C)(C)CCCCc1c(O)cc(O)c(O)c1CCCCCC(C)(C)C.